The molecular formula is C18H14F6N6O. The topological polar surface area (TPSA) is 89.2 Å². The molecule has 1 heterocycles. The fraction of sp³-hybridized carbons (Fsp3) is 0.167. The number of aromatic nitrogens is 3. The largest absolute Gasteiger partial charge is 0.440 e. The van der Waals surface area contributed by atoms with E-state index in [9.17, 15) is 26.3 Å². The Morgan fingerprint density at radius 2 is 1.26 bits per heavy atom. The van der Waals surface area contributed by atoms with Crippen LogP contribution in [0.3, 0.4) is 0 Å². The van der Waals surface area contributed by atoms with Gasteiger partial charge in [-0.1, -0.05) is 36.4 Å². The molecule has 2 aromatic carbocycles. The third kappa shape index (κ3) is 5.31. The Bertz CT molecular complexity index is 946. The summed E-state index contributed by atoms with van der Waals surface area (Å²) in [5.41, 5.74) is 2.92. The summed E-state index contributed by atoms with van der Waals surface area (Å²) in [6, 6.07) is 15.5. The molecule has 0 aliphatic heterocycles. The number of ether oxygens (including phenoxy) is 1. The second-order valence-corrected chi connectivity index (χ2v) is 5.97. The van der Waals surface area contributed by atoms with Gasteiger partial charge in [-0.25, -0.2) is 5.84 Å². The van der Waals surface area contributed by atoms with Crippen molar-refractivity contribution in [2.45, 2.75) is 18.5 Å². The molecule has 0 aliphatic carbocycles. The lowest BCUT2D eigenvalue weighted by atomic mass is 10.2. The van der Waals surface area contributed by atoms with Crippen molar-refractivity contribution < 1.29 is 31.1 Å². The SMILES string of the molecule is NNc1nc(OC(C(F)(F)F)C(F)(F)F)nc(N(c2ccccc2)c2ccccc2)n1. The van der Waals surface area contributed by atoms with Crippen LogP contribution < -0.4 is 20.9 Å². The molecule has 31 heavy (non-hydrogen) atoms. The maximum atomic E-state index is 12.9. The Labute approximate surface area is 171 Å². The molecule has 13 heteroatoms. The van der Waals surface area contributed by atoms with E-state index in [-0.39, 0.29) is 5.95 Å². The molecule has 164 valence electrons. The first-order chi connectivity index (χ1) is 14.6. The molecular weight excluding hydrogens is 430 g/mol. The van der Waals surface area contributed by atoms with Gasteiger partial charge < -0.3 is 4.74 Å². The van der Waals surface area contributed by atoms with Crippen LogP contribution in [0.25, 0.3) is 0 Å². The number of nitrogens with two attached hydrogens (primary N) is 1. The highest BCUT2D eigenvalue weighted by Gasteiger charge is 2.59. The van der Waals surface area contributed by atoms with Gasteiger partial charge in [-0.3, -0.25) is 10.3 Å². The molecule has 0 atom stereocenters. The summed E-state index contributed by atoms with van der Waals surface area (Å²) in [5, 5.41) is 0. The highest BCUT2D eigenvalue weighted by atomic mass is 19.4. The van der Waals surface area contributed by atoms with E-state index in [1.165, 1.54) is 4.90 Å². The Morgan fingerprint density at radius 1 is 0.774 bits per heavy atom. The molecule has 0 saturated carbocycles. The van der Waals surface area contributed by atoms with Gasteiger partial charge in [0.25, 0.3) is 6.10 Å². The minimum Gasteiger partial charge on any atom is -0.440 e. The normalized spacial score (nSPS) is 12.0. The molecule has 0 fully saturated rings. The number of rotatable bonds is 6. The summed E-state index contributed by atoms with van der Waals surface area (Å²) in [5.74, 6) is 4.43. The minimum absolute atomic E-state index is 0.321. The van der Waals surface area contributed by atoms with Crippen LogP contribution in [0.2, 0.25) is 0 Å². The third-order valence-corrected chi connectivity index (χ3v) is 3.78. The molecule has 0 amide bonds. The van der Waals surface area contributed by atoms with E-state index < -0.39 is 30.4 Å². The molecule has 0 saturated heterocycles. The van der Waals surface area contributed by atoms with Crippen molar-refractivity contribution in [1.82, 2.24) is 15.0 Å². The van der Waals surface area contributed by atoms with Crippen molar-refractivity contribution >= 4 is 23.3 Å². The lowest BCUT2D eigenvalue weighted by Crippen LogP contribution is -2.47. The molecule has 3 rings (SSSR count). The number of para-hydroxylation sites is 2. The van der Waals surface area contributed by atoms with Crippen LogP contribution >= 0.6 is 0 Å². The lowest BCUT2D eigenvalue weighted by molar-refractivity contribution is -0.301. The number of halogens is 6. The molecule has 0 aliphatic rings. The van der Waals surface area contributed by atoms with E-state index in [0.29, 0.717) is 11.4 Å². The highest BCUT2D eigenvalue weighted by Crippen LogP contribution is 2.37. The quantitative estimate of drug-likeness (QED) is 0.329. The van der Waals surface area contributed by atoms with Gasteiger partial charge in [0.2, 0.25) is 11.9 Å². The van der Waals surface area contributed by atoms with Crippen LogP contribution in [0, 0.1) is 0 Å². The summed E-state index contributed by atoms with van der Waals surface area (Å²) in [6.07, 6.45) is -15.6. The van der Waals surface area contributed by atoms with Gasteiger partial charge in [0, 0.05) is 11.4 Å². The van der Waals surface area contributed by atoms with Gasteiger partial charge in [-0.2, -0.15) is 41.3 Å². The van der Waals surface area contributed by atoms with E-state index >= 15 is 0 Å². The molecule has 0 bridgehead atoms. The fourth-order valence-electron chi connectivity index (χ4n) is 2.52. The fourth-order valence-corrected chi connectivity index (χ4v) is 2.52. The van der Waals surface area contributed by atoms with Gasteiger partial charge in [-0.05, 0) is 24.3 Å². The van der Waals surface area contributed by atoms with Gasteiger partial charge in [0.15, 0.2) is 0 Å². The van der Waals surface area contributed by atoms with Crippen LogP contribution in [0.5, 0.6) is 6.01 Å². The highest BCUT2D eigenvalue weighted by molar-refractivity contribution is 5.72. The van der Waals surface area contributed by atoms with E-state index in [0.717, 1.165) is 0 Å². The molecule has 3 N–H and O–H groups in total. The summed E-state index contributed by atoms with van der Waals surface area (Å²) in [6.45, 7) is 0. The standard InChI is InChI=1S/C18H14F6N6O/c19-17(20,21)13(18(22,23)24)31-16-27-14(29-25)26-15(28-16)30(11-7-3-1-4-8-11)12-9-5-2-6-10-12/h1-10,13H,25H2,(H,26,27,28,29). The maximum absolute atomic E-state index is 12.9. The number of hydrazine groups is 1. The number of nitrogen functional groups attached to an aromatic ring is 1. The third-order valence-electron chi connectivity index (χ3n) is 3.78. The average Bonchev–Trinajstić information content (AvgIpc) is 2.72. The predicted octanol–water partition coefficient (Wildman–Crippen LogP) is 4.50. The van der Waals surface area contributed by atoms with Gasteiger partial charge >= 0.3 is 18.4 Å². The number of anilines is 4. The molecule has 0 spiro atoms. The second-order valence-electron chi connectivity index (χ2n) is 5.97. The molecule has 7 nitrogen and oxygen atoms in total. The summed E-state index contributed by atoms with van der Waals surface area (Å²) in [7, 11) is 0. The molecule has 0 unspecified atom stereocenters. The first-order valence-electron chi connectivity index (χ1n) is 8.52. The number of hydrogen-bond acceptors (Lipinski definition) is 7. The zero-order valence-electron chi connectivity index (χ0n) is 15.4. The number of benzene rings is 2. The smallest absolute Gasteiger partial charge is 0.434 e. The minimum atomic E-state index is -5.75. The van der Waals surface area contributed by atoms with Crippen molar-refractivity contribution in [2.75, 3.05) is 10.3 Å². The maximum Gasteiger partial charge on any atom is 0.434 e. The van der Waals surface area contributed by atoms with Crippen molar-refractivity contribution in [3.63, 3.8) is 0 Å². The molecule has 3 aromatic rings. The van der Waals surface area contributed by atoms with Crippen LogP contribution in [0.4, 0.5) is 49.6 Å². The van der Waals surface area contributed by atoms with Crippen molar-refractivity contribution in [3.05, 3.63) is 60.7 Å². The Hall–Kier alpha value is -3.61. The van der Waals surface area contributed by atoms with E-state index in [1.807, 2.05) is 5.43 Å². The Balaban J connectivity index is 2.11. The predicted molar refractivity (Wildman–Crippen MR) is 98.8 cm³/mol. The second kappa shape index (κ2) is 8.63. The summed E-state index contributed by atoms with van der Waals surface area (Å²) < 4.78 is 81.6. The molecule has 1 aromatic heterocycles. The van der Waals surface area contributed by atoms with Gasteiger partial charge in [0.05, 0.1) is 0 Å². The first-order valence-corrected chi connectivity index (χ1v) is 8.52. The monoisotopic (exact) mass is 444 g/mol. The van der Waals surface area contributed by atoms with Crippen molar-refractivity contribution in [1.29, 1.82) is 0 Å². The van der Waals surface area contributed by atoms with Gasteiger partial charge in [0.1, 0.15) is 0 Å². The van der Waals surface area contributed by atoms with E-state index in [2.05, 4.69) is 19.7 Å². The van der Waals surface area contributed by atoms with Crippen LogP contribution in [-0.4, -0.2) is 33.4 Å². The van der Waals surface area contributed by atoms with Crippen molar-refractivity contribution in [2.24, 2.45) is 5.84 Å². The Morgan fingerprint density at radius 3 is 1.68 bits per heavy atom. The zero-order valence-corrected chi connectivity index (χ0v) is 15.4. The first kappa shape index (κ1) is 22.1. The summed E-state index contributed by atoms with van der Waals surface area (Å²) >= 11 is 0. The lowest BCUT2D eigenvalue weighted by Gasteiger charge is -2.25. The van der Waals surface area contributed by atoms with E-state index in [1.54, 1.807) is 60.7 Å². The van der Waals surface area contributed by atoms with Crippen LogP contribution in [0.15, 0.2) is 60.7 Å². The average molecular weight is 444 g/mol. The van der Waals surface area contributed by atoms with Crippen molar-refractivity contribution in [3.8, 4) is 6.01 Å². The van der Waals surface area contributed by atoms with E-state index in [4.69, 9.17) is 5.84 Å². The number of nitrogens with one attached hydrogen (secondary N) is 1. The van der Waals surface area contributed by atoms with Crippen LogP contribution in [0.1, 0.15) is 0 Å². The zero-order chi connectivity index (χ0) is 22.6. The summed E-state index contributed by atoms with van der Waals surface area (Å²) in [4.78, 5) is 12.4. The Kier molecular flexibility index (Phi) is 6.15. The number of nitrogens with zero attached hydrogens (tertiary/aromatic N) is 4. The van der Waals surface area contributed by atoms with Gasteiger partial charge in [-0.15, -0.1) is 0 Å². The number of alkyl halides is 6. The van der Waals surface area contributed by atoms with Crippen LogP contribution in [-0.2, 0) is 0 Å². The number of hydrogen-bond donors (Lipinski definition) is 2. The molecule has 0 radical (unpaired) electrons.